The Bertz CT molecular complexity index is 1290. The molecule has 8 nitrogen and oxygen atoms in total. The first-order valence-corrected chi connectivity index (χ1v) is 13.7. The van der Waals surface area contributed by atoms with Gasteiger partial charge in [0.2, 0.25) is 21.8 Å². The van der Waals surface area contributed by atoms with Gasteiger partial charge >= 0.3 is 0 Å². The fraction of sp³-hybridized carbons (Fsp3) is 0.286. The number of benzene rings is 3. The summed E-state index contributed by atoms with van der Waals surface area (Å²) in [5, 5.41) is 2.66. The van der Waals surface area contributed by atoms with Crippen molar-refractivity contribution in [3.8, 4) is 5.75 Å². The lowest BCUT2D eigenvalue weighted by Crippen LogP contribution is -2.52. The number of sulfonamides is 1. The highest BCUT2D eigenvalue weighted by Crippen LogP contribution is 2.23. The van der Waals surface area contributed by atoms with Crippen LogP contribution in [-0.2, 0) is 32.6 Å². The Kier molecular flexibility index (Phi) is 9.30. The summed E-state index contributed by atoms with van der Waals surface area (Å²) < 4.78 is 31.7. The molecule has 0 saturated heterocycles. The number of hydrogen-bond donors (Lipinski definition) is 1. The van der Waals surface area contributed by atoms with E-state index in [1.807, 2.05) is 61.5 Å². The molecule has 0 aliphatic heterocycles. The largest absolute Gasteiger partial charge is 0.497 e. The minimum atomic E-state index is -3.81. The molecule has 0 spiro atoms. The standard InChI is InChI=1S/C28H33N3O5S/c1-21-10-12-23(13-11-21)19-30(26(28(33)29-2)18-22-8-6-5-7-9-22)27(32)20-31(37(4,34)35)24-14-16-25(36-3)17-15-24/h5-17,26H,18-20H2,1-4H3,(H,29,33)/t26-/m0/s1. The van der Waals surface area contributed by atoms with Crippen molar-refractivity contribution in [1.82, 2.24) is 10.2 Å². The summed E-state index contributed by atoms with van der Waals surface area (Å²) >= 11 is 0. The molecule has 3 aromatic carbocycles. The average molecular weight is 524 g/mol. The Hall–Kier alpha value is -3.85. The third kappa shape index (κ3) is 7.57. The molecule has 0 saturated carbocycles. The molecular formula is C28H33N3O5S. The van der Waals surface area contributed by atoms with E-state index in [-0.39, 0.29) is 18.9 Å². The van der Waals surface area contributed by atoms with Crippen LogP contribution in [0.4, 0.5) is 5.69 Å². The van der Waals surface area contributed by atoms with Crippen LogP contribution >= 0.6 is 0 Å². The lowest BCUT2D eigenvalue weighted by Gasteiger charge is -2.33. The van der Waals surface area contributed by atoms with Crippen molar-refractivity contribution >= 4 is 27.5 Å². The molecule has 37 heavy (non-hydrogen) atoms. The second-order valence-corrected chi connectivity index (χ2v) is 10.7. The molecule has 2 amide bonds. The maximum absolute atomic E-state index is 13.8. The highest BCUT2D eigenvalue weighted by Gasteiger charge is 2.32. The van der Waals surface area contributed by atoms with Crippen molar-refractivity contribution in [1.29, 1.82) is 0 Å². The molecule has 3 aromatic rings. The summed E-state index contributed by atoms with van der Waals surface area (Å²) in [6.45, 7) is 1.65. The molecule has 0 fully saturated rings. The quantitative estimate of drug-likeness (QED) is 0.417. The van der Waals surface area contributed by atoms with Crippen LogP contribution in [0, 0.1) is 6.92 Å². The van der Waals surface area contributed by atoms with Gasteiger partial charge in [-0.3, -0.25) is 13.9 Å². The van der Waals surface area contributed by atoms with Crippen molar-refractivity contribution < 1.29 is 22.7 Å². The molecule has 0 heterocycles. The molecule has 0 aliphatic carbocycles. The van der Waals surface area contributed by atoms with Gasteiger partial charge in [-0.25, -0.2) is 8.42 Å². The number of carbonyl (C=O) groups is 2. The molecule has 1 N–H and O–H groups in total. The third-order valence-corrected chi connectivity index (χ3v) is 7.17. The van der Waals surface area contributed by atoms with Gasteiger partial charge in [-0.1, -0.05) is 60.2 Å². The third-order valence-electron chi connectivity index (χ3n) is 6.03. The SMILES string of the molecule is CNC(=O)[C@H](Cc1ccccc1)N(Cc1ccc(C)cc1)C(=O)CN(c1ccc(OC)cc1)S(C)(=O)=O. The summed E-state index contributed by atoms with van der Waals surface area (Å²) in [7, 11) is -0.772. The van der Waals surface area contributed by atoms with Gasteiger partial charge in [0, 0.05) is 20.0 Å². The van der Waals surface area contributed by atoms with Crippen molar-refractivity contribution in [3.05, 3.63) is 95.6 Å². The zero-order valence-electron chi connectivity index (χ0n) is 21.5. The van der Waals surface area contributed by atoms with Crippen LogP contribution in [0.5, 0.6) is 5.75 Å². The number of nitrogens with zero attached hydrogens (tertiary/aromatic N) is 2. The van der Waals surface area contributed by atoms with E-state index in [2.05, 4.69) is 5.32 Å². The lowest BCUT2D eigenvalue weighted by atomic mass is 10.0. The predicted molar refractivity (Wildman–Crippen MR) is 145 cm³/mol. The van der Waals surface area contributed by atoms with Crippen LogP contribution in [0.15, 0.2) is 78.9 Å². The number of methoxy groups -OCH3 is 1. The maximum atomic E-state index is 13.8. The van der Waals surface area contributed by atoms with Crippen molar-refractivity contribution in [2.24, 2.45) is 0 Å². The number of amides is 2. The molecule has 0 radical (unpaired) electrons. The minimum absolute atomic E-state index is 0.143. The first-order chi connectivity index (χ1) is 17.6. The number of rotatable bonds is 11. The summed E-state index contributed by atoms with van der Waals surface area (Å²) in [6, 6.07) is 22.7. The molecule has 196 valence electrons. The van der Waals surface area contributed by atoms with Crippen LogP contribution in [0.2, 0.25) is 0 Å². The Morgan fingerprint density at radius 2 is 1.54 bits per heavy atom. The van der Waals surface area contributed by atoms with Gasteiger partial charge in [-0.15, -0.1) is 0 Å². The lowest BCUT2D eigenvalue weighted by molar-refractivity contribution is -0.139. The van der Waals surface area contributed by atoms with Gasteiger partial charge in [0.1, 0.15) is 18.3 Å². The Morgan fingerprint density at radius 1 is 0.919 bits per heavy atom. The van der Waals surface area contributed by atoms with E-state index in [0.717, 1.165) is 27.3 Å². The molecule has 0 aliphatic rings. The van der Waals surface area contributed by atoms with Crippen LogP contribution < -0.4 is 14.4 Å². The molecule has 3 rings (SSSR count). The van der Waals surface area contributed by atoms with E-state index < -0.39 is 28.5 Å². The number of aryl methyl sites for hydroxylation is 1. The second kappa shape index (κ2) is 12.4. The topological polar surface area (TPSA) is 96.0 Å². The van der Waals surface area contributed by atoms with E-state index in [1.165, 1.54) is 19.1 Å². The first kappa shape index (κ1) is 27.7. The van der Waals surface area contributed by atoms with Crippen molar-refractivity contribution in [3.63, 3.8) is 0 Å². The van der Waals surface area contributed by atoms with E-state index in [1.54, 1.807) is 24.3 Å². The van der Waals surface area contributed by atoms with E-state index in [4.69, 9.17) is 4.74 Å². The Labute approximate surface area is 218 Å². The molecule has 1 atom stereocenters. The van der Waals surface area contributed by atoms with Crippen molar-refractivity contribution in [2.45, 2.75) is 25.9 Å². The van der Waals surface area contributed by atoms with E-state index >= 15 is 0 Å². The van der Waals surface area contributed by atoms with Crippen LogP contribution in [-0.4, -0.2) is 58.1 Å². The van der Waals surface area contributed by atoms with Gasteiger partial charge in [-0.2, -0.15) is 0 Å². The summed E-state index contributed by atoms with van der Waals surface area (Å²) in [5.41, 5.74) is 3.10. The van der Waals surface area contributed by atoms with Gasteiger partial charge in [0.05, 0.1) is 19.1 Å². The molecular weight excluding hydrogens is 490 g/mol. The molecule has 0 bridgehead atoms. The monoisotopic (exact) mass is 523 g/mol. The molecule has 0 aromatic heterocycles. The predicted octanol–water partition coefficient (Wildman–Crippen LogP) is 3.16. The first-order valence-electron chi connectivity index (χ1n) is 11.8. The highest BCUT2D eigenvalue weighted by atomic mass is 32.2. The molecule has 0 unspecified atom stereocenters. The highest BCUT2D eigenvalue weighted by molar-refractivity contribution is 7.92. The fourth-order valence-electron chi connectivity index (χ4n) is 3.97. The number of hydrogen-bond acceptors (Lipinski definition) is 5. The van der Waals surface area contributed by atoms with Crippen LogP contribution in [0.1, 0.15) is 16.7 Å². The smallest absolute Gasteiger partial charge is 0.244 e. The maximum Gasteiger partial charge on any atom is 0.244 e. The fourth-order valence-corrected chi connectivity index (χ4v) is 4.82. The number of anilines is 1. The number of carbonyl (C=O) groups excluding carboxylic acids is 2. The van der Waals surface area contributed by atoms with Gasteiger partial charge < -0.3 is 15.0 Å². The van der Waals surface area contributed by atoms with E-state index in [0.29, 0.717) is 11.4 Å². The normalized spacial score (nSPS) is 11.9. The van der Waals surface area contributed by atoms with Gasteiger partial charge in [-0.05, 0) is 42.3 Å². The minimum Gasteiger partial charge on any atom is -0.497 e. The zero-order valence-corrected chi connectivity index (χ0v) is 22.4. The summed E-state index contributed by atoms with van der Waals surface area (Å²) in [4.78, 5) is 28.4. The number of likely N-dealkylation sites (N-methyl/N-ethyl adjacent to an activating group) is 1. The van der Waals surface area contributed by atoms with Crippen LogP contribution in [0.3, 0.4) is 0 Å². The Balaban J connectivity index is 2.00. The van der Waals surface area contributed by atoms with Crippen molar-refractivity contribution in [2.75, 3.05) is 31.3 Å². The average Bonchev–Trinajstić information content (AvgIpc) is 2.89. The number of nitrogens with one attached hydrogen (secondary N) is 1. The Morgan fingerprint density at radius 3 is 2.08 bits per heavy atom. The van der Waals surface area contributed by atoms with Gasteiger partial charge in [0.25, 0.3) is 0 Å². The number of ether oxygens (including phenoxy) is 1. The summed E-state index contributed by atoms with van der Waals surface area (Å²) in [5.74, 6) is -0.266. The molecule has 9 heteroatoms. The van der Waals surface area contributed by atoms with E-state index in [9.17, 15) is 18.0 Å². The van der Waals surface area contributed by atoms with Gasteiger partial charge in [0.15, 0.2) is 0 Å². The summed E-state index contributed by atoms with van der Waals surface area (Å²) in [6.07, 6.45) is 1.33. The second-order valence-electron chi connectivity index (χ2n) is 8.79. The van der Waals surface area contributed by atoms with Crippen LogP contribution in [0.25, 0.3) is 0 Å². The zero-order chi connectivity index (χ0) is 27.0.